The zero-order valence-electron chi connectivity index (χ0n) is 15.9. The molecule has 0 bridgehead atoms. The predicted octanol–water partition coefficient (Wildman–Crippen LogP) is 2.70. The molecule has 6 heteroatoms. The summed E-state index contributed by atoms with van der Waals surface area (Å²) in [5, 5.41) is 9.42. The van der Waals surface area contributed by atoms with E-state index in [0.29, 0.717) is 18.8 Å². The molecule has 1 N–H and O–H groups in total. The van der Waals surface area contributed by atoms with E-state index in [-0.39, 0.29) is 11.9 Å². The maximum atomic E-state index is 12.0. The first-order chi connectivity index (χ1) is 13.2. The molecule has 1 saturated heterocycles. The van der Waals surface area contributed by atoms with Crippen LogP contribution in [0.15, 0.2) is 35.6 Å². The third kappa shape index (κ3) is 3.56. The fourth-order valence-corrected chi connectivity index (χ4v) is 3.72. The Kier molecular flexibility index (Phi) is 4.88. The Hall–Kier alpha value is -2.76. The minimum atomic E-state index is -0.202. The maximum absolute atomic E-state index is 12.0. The molecule has 1 atom stereocenters. The molecule has 1 amide bonds. The molecule has 2 aromatic rings. The predicted molar refractivity (Wildman–Crippen MR) is 105 cm³/mol. The van der Waals surface area contributed by atoms with Crippen LogP contribution in [0, 0.1) is 6.92 Å². The summed E-state index contributed by atoms with van der Waals surface area (Å²) in [7, 11) is 0. The van der Waals surface area contributed by atoms with Gasteiger partial charge in [-0.1, -0.05) is 31.5 Å². The summed E-state index contributed by atoms with van der Waals surface area (Å²) >= 11 is 0. The number of nitrogens with one attached hydrogen (secondary N) is 1. The van der Waals surface area contributed by atoms with Crippen LogP contribution in [0.3, 0.4) is 0 Å². The Morgan fingerprint density at radius 2 is 2.19 bits per heavy atom. The van der Waals surface area contributed by atoms with Crippen LogP contribution in [0.25, 0.3) is 11.4 Å². The second-order valence-corrected chi connectivity index (χ2v) is 7.24. The number of hydrazone groups is 1. The molecule has 4 rings (SSSR count). The van der Waals surface area contributed by atoms with Gasteiger partial charge in [-0.25, -0.2) is 9.97 Å². The van der Waals surface area contributed by atoms with Gasteiger partial charge in [0, 0.05) is 24.7 Å². The Bertz CT molecular complexity index is 892. The molecule has 0 spiro atoms. The molecule has 2 aliphatic rings. The normalized spacial score (nSPS) is 18.9. The van der Waals surface area contributed by atoms with Crippen molar-refractivity contribution in [3.05, 3.63) is 47.3 Å². The highest BCUT2D eigenvalue weighted by atomic mass is 16.2. The standard InChI is InChI=1S/C21H25N5O/c1-3-4-5-15-6-7-16(14(2)12-15)20-22-9-8-17(24-20)18-13-19-21(27)23-10-11-26(19)25-18/h6-9,12,19H,3-5,10-11,13H2,1-2H3,(H,23,27). The molecule has 1 unspecified atom stereocenters. The molecule has 0 aliphatic carbocycles. The van der Waals surface area contributed by atoms with E-state index in [1.54, 1.807) is 6.20 Å². The van der Waals surface area contributed by atoms with Crippen molar-refractivity contribution in [2.45, 2.75) is 45.6 Å². The van der Waals surface area contributed by atoms with Crippen molar-refractivity contribution < 1.29 is 4.79 Å². The van der Waals surface area contributed by atoms with Crippen molar-refractivity contribution in [1.82, 2.24) is 20.3 Å². The van der Waals surface area contributed by atoms with Crippen LogP contribution < -0.4 is 5.32 Å². The average Bonchev–Trinajstić information content (AvgIpc) is 3.12. The largest absolute Gasteiger partial charge is 0.352 e. The number of amides is 1. The third-order valence-electron chi connectivity index (χ3n) is 5.24. The Labute approximate surface area is 159 Å². The van der Waals surface area contributed by atoms with E-state index in [1.165, 1.54) is 24.0 Å². The third-order valence-corrected chi connectivity index (χ3v) is 5.24. The second kappa shape index (κ2) is 7.47. The number of hydrogen-bond donors (Lipinski definition) is 1. The minimum Gasteiger partial charge on any atom is -0.352 e. The maximum Gasteiger partial charge on any atom is 0.244 e. The van der Waals surface area contributed by atoms with Crippen LogP contribution in [0.1, 0.15) is 43.0 Å². The summed E-state index contributed by atoms with van der Waals surface area (Å²) in [5.74, 6) is 0.761. The zero-order chi connectivity index (χ0) is 18.8. The van der Waals surface area contributed by atoms with E-state index in [1.807, 2.05) is 11.1 Å². The van der Waals surface area contributed by atoms with Crippen molar-refractivity contribution >= 4 is 11.6 Å². The molecule has 2 aliphatic heterocycles. The van der Waals surface area contributed by atoms with Gasteiger partial charge in [-0.05, 0) is 37.0 Å². The first-order valence-corrected chi connectivity index (χ1v) is 9.71. The number of rotatable bonds is 5. The molecular weight excluding hydrogens is 338 g/mol. The van der Waals surface area contributed by atoms with Gasteiger partial charge >= 0.3 is 0 Å². The van der Waals surface area contributed by atoms with Gasteiger partial charge in [-0.3, -0.25) is 9.80 Å². The fraction of sp³-hybridized carbons (Fsp3) is 0.429. The fourth-order valence-electron chi connectivity index (χ4n) is 3.72. The lowest BCUT2D eigenvalue weighted by molar-refractivity contribution is -0.128. The van der Waals surface area contributed by atoms with E-state index in [2.05, 4.69) is 47.4 Å². The lowest BCUT2D eigenvalue weighted by Crippen LogP contribution is -2.51. The molecule has 0 radical (unpaired) electrons. The van der Waals surface area contributed by atoms with Gasteiger partial charge < -0.3 is 5.32 Å². The lowest BCUT2D eigenvalue weighted by Gasteiger charge is -2.27. The number of unbranched alkanes of at least 4 members (excludes halogenated alkanes) is 1. The van der Waals surface area contributed by atoms with E-state index >= 15 is 0 Å². The second-order valence-electron chi connectivity index (χ2n) is 7.24. The smallest absolute Gasteiger partial charge is 0.244 e. The number of hydrogen-bond acceptors (Lipinski definition) is 5. The van der Waals surface area contributed by atoms with Crippen molar-refractivity contribution in [2.24, 2.45) is 5.10 Å². The Morgan fingerprint density at radius 3 is 2.96 bits per heavy atom. The van der Waals surface area contributed by atoms with Crippen LogP contribution >= 0.6 is 0 Å². The van der Waals surface area contributed by atoms with Gasteiger partial charge in [0.2, 0.25) is 5.91 Å². The molecule has 1 aromatic heterocycles. The lowest BCUT2D eigenvalue weighted by atomic mass is 10.0. The summed E-state index contributed by atoms with van der Waals surface area (Å²) in [6.07, 6.45) is 5.88. The molecule has 6 nitrogen and oxygen atoms in total. The van der Waals surface area contributed by atoms with Crippen LogP contribution in [-0.4, -0.2) is 45.7 Å². The minimum absolute atomic E-state index is 0.0489. The number of aryl methyl sites for hydroxylation is 2. The molecule has 1 fully saturated rings. The Balaban J connectivity index is 1.59. The van der Waals surface area contributed by atoms with Gasteiger partial charge in [-0.2, -0.15) is 5.10 Å². The van der Waals surface area contributed by atoms with Crippen LogP contribution in [0.4, 0.5) is 0 Å². The van der Waals surface area contributed by atoms with Crippen molar-refractivity contribution in [2.75, 3.05) is 13.1 Å². The number of aromatic nitrogens is 2. The molecule has 1 aromatic carbocycles. The van der Waals surface area contributed by atoms with Gasteiger partial charge in [0.1, 0.15) is 6.04 Å². The monoisotopic (exact) mass is 363 g/mol. The first-order valence-electron chi connectivity index (χ1n) is 9.71. The number of piperazine rings is 1. The highest BCUT2D eigenvalue weighted by molar-refractivity contribution is 6.04. The summed E-state index contributed by atoms with van der Waals surface area (Å²) in [4.78, 5) is 21.3. The molecule has 27 heavy (non-hydrogen) atoms. The molecule has 3 heterocycles. The van der Waals surface area contributed by atoms with E-state index < -0.39 is 0 Å². The average molecular weight is 363 g/mol. The summed E-state index contributed by atoms with van der Waals surface area (Å²) in [5.41, 5.74) is 5.25. The number of fused-ring (bicyclic) bond motifs is 1. The summed E-state index contributed by atoms with van der Waals surface area (Å²) in [6.45, 7) is 5.71. The van der Waals surface area contributed by atoms with Crippen LogP contribution in [0.2, 0.25) is 0 Å². The van der Waals surface area contributed by atoms with E-state index in [0.717, 1.165) is 29.9 Å². The molecule has 0 saturated carbocycles. The van der Waals surface area contributed by atoms with E-state index in [9.17, 15) is 4.79 Å². The quantitative estimate of drug-likeness (QED) is 0.887. The van der Waals surface area contributed by atoms with Crippen molar-refractivity contribution in [1.29, 1.82) is 0 Å². The van der Waals surface area contributed by atoms with E-state index in [4.69, 9.17) is 4.98 Å². The van der Waals surface area contributed by atoms with Gasteiger partial charge in [-0.15, -0.1) is 0 Å². The highest BCUT2D eigenvalue weighted by Crippen LogP contribution is 2.24. The van der Waals surface area contributed by atoms with Crippen LogP contribution in [-0.2, 0) is 11.2 Å². The SMILES string of the molecule is CCCCc1ccc(-c2nccc(C3=NN4CCNC(=O)C4C3)n2)c(C)c1. The number of carbonyl (C=O) groups excluding carboxylic acids is 1. The molecular formula is C21H25N5O. The van der Waals surface area contributed by atoms with Gasteiger partial charge in [0.05, 0.1) is 18.0 Å². The van der Waals surface area contributed by atoms with Crippen molar-refractivity contribution in [3.8, 4) is 11.4 Å². The molecule has 140 valence electrons. The highest BCUT2D eigenvalue weighted by Gasteiger charge is 2.35. The number of nitrogens with zero attached hydrogens (tertiary/aromatic N) is 4. The summed E-state index contributed by atoms with van der Waals surface area (Å²) < 4.78 is 0. The number of carbonyl (C=O) groups is 1. The topological polar surface area (TPSA) is 70.5 Å². The van der Waals surface area contributed by atoms with Gasteiger partial charge in [0.15, 0.2) is 5.82 Å². The van der Waals surface area contributed by atoms with Crippen LogP contribution in [0.5, 0.6) is 0 Å². The first kappa shape index (κ1) is 17.6. The zero-order valence-corrected chi connectivity index (χ0v) is 15.9. The number of benzene rings is 1. The Morgan fingerprint density at radius 1 is 1.30 bits per heavy atom. The summed E-state index contributed by atoms with van der Waals surface area (Å²) in [6, 6.07) is 8.20. The van der Waals surface area contributed by atoms with Crippen molar-refractivity contribution in [3.63, 3.8) is 0 Å². The van der Waals surface area contributed by atoms with Gasteiger partial charge in [0.25, 0.3) is 0 Å².